The van der Waals surface area contributed by atoms with Crippen LogP contribution in [-0.4, -0.2) is 16.2 Å². The molecule has 0 unspecified atom stereocenters. The zero-order valence-corrected chi connectivity index (χ0v) is 20.2. The normalized spacial score (nSPS) is 13.3. The van der Waals surface area contributed by atoms with E-state index in [-0.39, 0.29) is 5.56 Å². The highest BCUT2D eigenvalue weighted by Crippen LogP contribution is 2.35. The summed E-state index contributed by atoms with van der Waals surface area (Å²) in [5.74, 6) is 1.69. The standard InChI is InChI=1S/C28H30N2O2S/c1-19-9-7-11-21(17-19)26-29-27-25(23-13-3-4-14-24(23)33-27)28(31)30(26)15-5-6-16-32-22-12-8-10-20(2)18-22/h7-12,17-18H,3-6,13-16H2,1-2H3. The maximum atomic E-state index is 13.8. The van der Waals surface area contributed by atoms with Crippen molar-refractivity contribution in [3.63, 3.8) is 0 Å². The Balaban J connectivity index is 1.43. The van der Waals surface area contributed by atoms with E-state index in [0.717, 1.165) is 59.5 Å². The lowest BCUT2D eigenvalue weighted by Gasteiger charge is -2.14. The van der Waals surface area contributed by atoms with Gasteiger partial charge in [-0.05, 0) is 81.7 Å². The Labute approximate surface area is 198 Å². The molecule has 33 heavy (non-hydrogen) atoms. The van der Waals surface area contributed by atoms with Gasteiger partial charge in [-0.25, -0.2) is 4.98 Å². The van der Waals surface area contributed by atoms with Gasteiger partial charge in [0, 0.05) is 17.0 Å². The van der Waals surface area contributed by atoms with Gasteiger partial charge in [0.2, 0.25) is 0 Å². The molecule has 0 amide bonds. The lowest BCUT2D eigenvalue weighted by Crippen LogP contribution is -2.24. The maximum Gasteiger partial charge on any atom is 0.262 e. The van der Waals surface area contributed by atoms with Crippen LogP contribution in [-0.2, 0) is 19.4 Å². The summed E-state index contributed by atoms with van der Waals surface area (Å²) in [5.41, 5.74) is 4.75. The summed E-state index contributed by atoms with van der Waals surface area (Å²) in [6.07, 6.45) is 6.19. The molecule has 0 aliphatic heterocycles. The zero-order valence-electron chi connectivity index (χ0n) is 19.4. The summed E-state index contributed by atoms with van der Waals surface area (Å²) in [6, 6.07) is 16.4. The van der Waals surface area contributed by atoms with Crippen LogP contribution in [0.5, 0.6) is 5.75 Å². The van der Waals surface area contributed by atoms with Crippen LogP contribution in [0.4, 0.5) is 0 Å². The molecule has 170 valence electrons. The van der Waals surface area contributed by atoms with Gasteiger partial charge in [-0.15, -0.1) is 11.3 Å². The van der Waals surface area contributed by atoms with E-state index in [1.807, 2.05) is 22.8 Å². The Morgan fingerprint density at radius 2 is 1.79 bits per heavy atom. The second kappa shape index (κ2) is 9.52. The van der Waals surface area contributed by atoms with Gasteiger partial charge >= 0.3 is 0 Å². The molecule has 2 aromatic heterocycles. The molecule has 0 fully saturated rings. The van der Waals surface area contributed by atoms with Crippen LogP contribution in [0.15, 0.2) is 53.3 Å². The van der Waals surface area contributed by atoms with Crippen LogP contribution in [0.3, 0.4) is 0 Å². The van der Waals surface area contributed by atoms with Crippen molar-refractivity contribution in [3.8, 4) is 17.1 Å². The predicted molar refractivity (Wildman–Crippen MR) is 137 cm³/mol. The largest absolute Gasteiger partial charge is 0.494 e. The van der Waals surface area contributed by atoms with Crippen molar-refractivity contribution in [2.75, 3.05) is 6.61 Å². The van der Waals surface area contributed by atoms with E-state index in [1.54, 1.807) is 11.3 Å². The second-order valence-corrected chi connectivity index (χ2v) is 10.1. The van der Waals surface area contributed by atoms with Gasteiger partial charge in [0.05, 0.1) is 12.0 Å². The van der Waals surface area contributed by atoms with Gasteiger partial charge in [0.1, 0.15) is 16.4 Å². The van der Waals surface area contributed by atoms with Crippen LogP contribution >= 0.6 is 11.3 Å². The van der Waals surface area contributed by atoms with Crippen molar-refractivity contribution in [3.05, 3.63) is 80.5 Å². The first-order valence-electron chi connectivity index (χ1n) is 11.9. The van der Waals surface area contributed by atoms with Crippen LogP contribution in [0.25, 0.3) is 21.6 Å². The minimum absolute atomic E-state index is 0.121. The molecule has 1 aliphatic rings. The first-order valence-corrected chi connectivity index (χ1v) is 12.7. The van der Waals surface area contributed by atoms with Crippen molar-refractivity contribution in [2.45, 2.75) is 58.9 Å². The molecule has 0 atom stereocenters. The molecule has 0 radical (unpaired) electrons. The fourth-order valence-corrected chi connectivity index (χ4v) is 5.97. The number of rotatable bonds is 7. The molecule has 0 saturated carbocycles. The van der Waals surface area contributed by atoms with Crippen molar-refractivity contribution in [2.24, 2.45) is 0 Å². The Morgan fingerprint density at radius 3 is 2.61 bits per heavy atom. The summed E-state index contributed by atoms with van der Waals surface area (Å²) in [7, 11) is 0. The molecule has 2 aromatic carbocycles. The number of hydrogen-bond acceptors (Lipinski definition) is 4. The van der Waals surface area contributed by atoms with E-state index in [1.165, 1.54) is 28.0 Å². The highest BCUT2D eigenvalue weighted by atomic mass is 32.1. The average Bonchev–Trinajstić information content (AvgIpc) is 3.19. The number of hydrogen-bond donors (Lipinski definition) is 0. The van der Waals surface area contributed by atoms with Crippen molar-refractivity contribution >= 4 is 21.6 Å². The first-order chi connectivity index (χ1) is 16.1. The molecular formula is C28H30N2O2S. The molecule has 5 heteroatoms. The Morgan fingerprint density at radius 1 is 1.00 bits per heavy atom. The summed E-state index contributed by atoms with van der Waals surface area (Å²) >= 11 is 1.72. The number of benzene rings is 2. The van der Waals surface area contributed by atoms with Crippen LogP contribution in [0.1, 0.15) is 47.3 Å². The first kappa shape index (κ1) is 21.9. The van der Waals surface area contributed by atoms with E-state index in [4.69, 9.17) is 9.72 Å². The van der Waals surface area contributed by atoms with Crippen LogP contribution < -0.4 is 10.3 Å². The topological polar surface area (TPSA) is 44.1 Å². The molecule has 4 aromatic rings. The molecule has 0 saturated heterocycles. The smallest absolute Gasteiger partial charge is 0.262 e. The fourth-order valence-electron chi connectivity index (χ4n) is 4.72. The number of nitrogens with zero attached hydrogens (tertiary/aromatic N) is 2. The lowest BCUT2D eigenvalue weighted by molar-refractivity contribution is 0.303. The number of fused-ring (bicyclic) bond motifs is 3. The van der Waals surface area contributed by atoms with Crippen LogP contribution in [0.2, 0.25) is 0 Å². The third-order valence-corrected chi connectivity index (χ3v) is 7.57. The third-order valence-electron chi connectivity index (χ3n) is 6.39. The Kier molecular flexibility index (Phi) is 6.32. The molecule has 2 heterocycles. The maximum absolute atomic E-state index is 13.8. The average molecular weight is 459 g/mol. The lowest BCUT2D eigenvalue weighted by atomic mass is 9.97. The molecular weight excluding hydrogens is 428 g/mol. The molecule has 4 nitrogen and oxygen atoms in total. The van der Waals surface area contributed by atoms with Gasteiger partial charge in [-0.3, -0.25) is 9.36 Å². The zero-order chi connectivity index (χ0) is 22.8. The minimum atomic E-state index is 0.121. The highest BCUT2D eigenvalue weighted by molar-refractivity contribution is 7.18. The minimum Gasteiger partial charge on any atom is -0.494 e. The number of aromatic nitrogens is 2. The van der Waals surface area contributed by atoms with Gasteiger partial charge in [0.15, 0.2) is 0 Å². The highest BCUT2D eigenvalue weighted by Gasteiger charge is 2.22. The van der Waals surface area contributed by atoms with E-state index in [9.17, 15) is 4.79 Å². The summed E-state index contributed by atoms with van der Waals surface area (Å²) in [5, 5.41) is 0.863. The Bertz CT molecular complexity index is 1350. The number of thiophene rings is 1. The molecule has 0 N–H and O–H groups in total. The van der Waals surface area contributed by atoms with Gasteiger partial charge in [0.25, 0.3) is 5.56 Å². The molecule has 5 rings (SSSR count). The molecule has 0 bridgehead atoms. The SMILES string of the molecule is Cc1cccc(OCCCCn2c(-c3cccc(C)c3)nc3sc4c(c3c2=O)CCCC4)c1. The summed E-state index contributed by atoms with van der Waals surface area (Å²) in [4.78, 5) is 21.1. The van der Waals surface area contributed by atoms with Gasteiger partial charge in [-0.2, -0.15) is 0 Å². The van der Waals surface area contributed by atoms with Crippen molar-refractivity contribution in [1.82, 2.24) is 9.55 Å². The fraction of sp³-hybridized carbons (Fsp3) is 0.357. The van der Waals surface area contributed by atoms with E-state index < -0.39 is 0 Å². The summed E-state index contributed by atoms with van der Waals surface area (Å²) in [6.45, 7) is 5.43. The number of aryl methyl sites for hydroxylation is 4. The van der Waals surface area contributed by atoms with Crippen LogP contribution in [0, 0.1) is 13.8 Å². The molecule has 1 aliphatic carbocycles. The number of unbranched alkanes of at least 4 members (excludes halogenated alkanes) is 1. The van der Waals surface area contributed by atoms with E-state index in [0.29, 0.717) is 13.2 Å². The Hall–Kier alpha value is -2.92. The van der Waals surface area contributed by atoms with Gasteiger partial charge < -0.3 is 4.74 Å². The van der Waals surface area contributed by atoms with E-state index in [2.05, 4.69) is 44.2 Å². The second-order valence-electron chi connectivity index (χ2n) is 9.02. The monoisotopic (exact) mass is 458 g/mol. The van der Waals surface area contributed by atoms with E-state index >= 15 is 0 Å². The number of ether oxygens (including phenoxy) is 1. The third kappa shape index (κ3) is 4.60. The summed E-state index contributed by atoms with van der Waals surface area (Å²) < 4.78 is 7.82. The quantitative estimate of drug-likeness (QED) is 0.298. The van der Waals surface area contributed by atoms with Gasteiger partial charge in [-0.1, -0.05) is 35.9 Å². The van der Waals surface area contributed by atoms with Crippen molar-refractivity contribution in [1.29, 1.82) is 0 Å². The molecule has 0 spiro atoms. The predicted octanol–water partition coefficient (Wildman–Crippen LogP) is 6.48. The van der Waals surface area contributed by atoms with Crippen molar-refractivity contribution < 1.29 is 4.74 Å².